The van der Waals surface area contributed by atoms with E-state index in [1.807, 2.05) is 57.7 Å². The minimum atomic E-state index is -4.77. The quantitative estimate of drug-likeness (QED) is 0.157. The Morgan fingerprint density at radius 1 is 0.350 bits per heavy atom. The van der Waals surface area contributed by atoms with Crippen LogP contribution in [0.15, 0.2) is 103 Å². The van der Waals surface area contributed by atoms with E-state index >= 15 is 22.0 Å². The van der Waals surface area contributed by atoms with Crippen LogP contribution in [0.4, 0.5) is 22.0 Å². The number of halogens is 5. The second-order valence-electron chi connectivity index (χ2n) is 20.6. The summed E-state index contributed by atoms with van der Waals surface area (Å²) in [5, 5.41) is 3.50. The van der Waals surface area contributed by atoms with Crippen LogP contribution < -0.4 is 0 Å². The smallest absolute Gasteiger partial charge is 0.309 e. The summed E-state index contributed by atoms with van der Waals surface area (Å²) in [5.41, 5.74) is 5.96. The first-order valence-corrected chi connectivity index (χ1v) is 20.6. The number of rotatable bonds is 3. The Morgan fingerprint density at radius 3 is 0.883 bits per heavy atom. The van der Waals surface area contributed by atoms with Crippen LogP contribution in [0.2, 0.25) is 0 Å². The number of aromatic nitrogens is 2. The lowest BCUT2D eigenvalue weighted by atomic mass is 9.85. The van der Waals surface area contributed by atoms with Crippen molar-refractivity contribution < 1.29 is 22.0 Å². The van der Waals surface area contributed by atoms with Crippen LogP contribution >= 0.6 is 0 Å². The molecule has 2 heterocycles. The average molecular weight is 813 g/mol. The molecule has 0 radical (unpaired) electrons. The molecular formula is C53H53F5N2. The number of nitrogens with zero attached hydrogens (tertiary/aromatic N) is 2. The summed E-state index contributed by atoms with van der Waals surface area (Å²) in [7, 11) is 0. The third kappa shape index (κ3) is 7.08. The minimum absolute atomic E-state index is 0.117. The summed E-state index contributed by atoms with van der Waals surface area (Å²) in [6, 6.07) is 29.9. The van der Waals surface area contributed by atoms with Gasteiger partial charge >= 0.3 is 6.18 Å². The van der Waals surface area contributed by atoms with E-state index in [1.54, 1.807) is 0 Å². The fourth-order valence-electron chi connectivity index (χ4n) is 8.55. The molecule has 0 bridgehead atoms. The molecule has 2 aromatic heterocycles. The molecule has 7 heteroatoms. The van der Waals surface area contributed by atoms with Gasteiger partial charge in [-0.15, -0.1) is 0 Å². The molecule has 2 nitrogen and oxygen atoms in total. The van der Waals surface area contributed by atoms with Gasteiger partial charge in [0.05, 0.1) is 39.0 Å². The molecular weight excluding hydrogens is 760 g/mol. The van der Waals surface area contributed by atoms with Gasteiger partial charge in [-0.25, -0.2) is 8.78 Å². The fraction of sp³-hybridized carbons (Fsp3) is 0.321. The summed E-state index contributed by atoms with van der Waals surface area (Å²) in [6.07, 6.45) is -4.77. The molecule has 0 saturated heterocycles. The Balaban J connectivity index is 1.62. The summed E-state index contributed by atoms with van der Waals surface area (Å²) < 4.78 is 81.4. The van der Waals surface area contributed by atoms with E-state index in [9.17, 15) is 0 Å². The molecule has 0 fully saturated rings. The topological polar surface area (TPSA) is 9.86 Å². The molecule has 0 saturated carbocycles. The SMILES string of the molecule is CC(C)(C)c1ccc2c(c1)c1cc(C(C)(C)C)ccc1n2-c1cc(C(F)(F)F)cc(-n2c3ccc(C(C)(C)C)cc3c3cc(C(C)(C)C)ccc32)c1-c1cc(F)cc(F)c1. The monoisotopic (exact) mass is 812 g/mol. The van der Waals surface area contributed by atoms with E-state index in [0.29, 0.717) is 22.1 Å². The van der Waals surface area contributed by atoms with Gasteiger partial charge in [0, 0.05) is 33.2 Å². The van der Waals surface area contributed by atoms with Crippen molar-refractivity contribution in [3.63, 3.8) is 0 Å². The van der Waals surface area contributed by atoms with Crippen LogP contribution in [0.3, 0.4) is 0 Å². The summed E-state index contributed by atoms with van der Waals surface area (Å²) >= 11 is 0. The lowest BCUT2D eigenvalue weighted by molar-refractivity contribution is -0.137. The highest BCUT2D eigenvalue weighted by Gasteiger charge is 2.35. The van der Waals surface area contributed by atoms with E-state index in [2.05, 4.69) is 107 Å². The Morgan fingerprint density at radius 2 is 0.633 bits per heavy atom. The van der Waals surface area contributed by atoms with Crippen molar-refractivity contribution in [1.82, 2.24) is 9.13 Å². The molecule has 0 amide bonds. The van der Waals surface area contributed by atoms with E-state index in [1.165, 1.54) is 12.1 Å². The highest BCUT2D eigenvalue weighted by Crippen LogP contribution is 2.47. The molecule has 0 aliphatic heterocycles. The lowest BCUT2D eigenvalue weighted by Gasteiger charge is -2.24. The second-order valence-corrected chi connectivity index (χ2v) is 20.6. The second kappa shape index (κ2) is 13.5. The normalized spacial score (nSPS) is 13.4. The third-order valence-corrected chi connectivity index (χ3v) is 12.1. The first-order valence-electron chi connectivity index (χ1n) is 20.6. The Kier molecular flexibility index (Phi) is 9.32. The van der Waals surface area contributed by atoms with Crippen LogP contribution in [0.25, 0.3) is 66.1 Å². The number of hydrogen-bond donors (Lipinski definition) is 0. The zero-order valence-corrected chi connectivity index (χ0v) is 36.6. The Bertz CT molecular complexity index is 2680. The van der Waals surface area contributed by atoms with Crippen LogP contribution in [0.1, 0.15) is 111 Å². The summed E-state index contributed by atoms with van der Waals surface area (Å²) in [6.45, 7) is 25.6. The molecule has 8 rings (SSSR count). The van der Waals surface area contributed by atoms with Crippen molar-refractivity contribution in [3.8, 4) is 22.5 Å². The molecule has 60 heavy (non-hydrogen) atoms. The Hall–Kier alpha value is -5.43. The van der Waals surface area contributed by atoms with E-state index < -0.39 is 23.4 Å². The van der Waals surface area contributed by atoms with Gasteiger partial charge in [-0.3, -0.25) is 0 Å². The fourth-order valence-corrected chi connectivity index (χ4v) is 8.55. The molecule has 310 valence electrons. The van der Waals surface area contributed by atoms with Crippen LogP contribution in [0, 0.1) is 11.6 Å². The van der Waals surface area contributed by atoms with Gasteiger partial charge in [-0.05, 0) is 122 Å². The largest absolute Gasteiger partial charge is 0.416 e. The maximum Gasteiger partial charge on any atom is 0.416 e. The molecule has 0 unspecified atom stereocenters. The molecule has 8 aromatic rings. The van der Waals surface area contributed by atoms with Gasteiger partial charge in [0.2, 0.25) is 0 Å². The van der Waals surface area contributed by atoms with Crippen molar-refractivity contribution in [1.29, 1.82) is 0 Å². The maximum atomic E-state index is 15.5. The molecule has 0 aliphatic rings. The van der Waals surface area contributed by atoms with Gasteiger partial charge in [0.15, 0.2) is 0 Å². The predicted molar refractivity (Wildman–Crippen MR) is 240 cm³/mol. The first kappa shape index (κ1) is 41.3. The summed E-state index contributed by atoms with van der Waals surface area (Å²) in [4.78, 5) is 0. The van der Waals surface area contributed by atoms with Crippen LogP contribution in [-0.2, 0) is 27.8 Å². The molecule has 0 spiro atoms. The standard InChI is InChI=1S/C53H53F5N2/c1-49(2,3)31-13-17-42-38(23-31)39-24-32(50(4,5)6)14-18-43(39)59(42)46-27-35(53(56,57)58)28-47(48(46)30-21-36(54)29-37(55)22-30)60-44-19-15-33(51(7,8)9)25-40(44)41-26-34(52(10,11)12)16-20-45(41)60/h13-29H,1-12H3. The molecule has 0 N–H and O–H groups in total. The number of fused-ring (bicyclic) bond motifs is 6. The summed E-state index contributed by atoms with van der Waals surface area (Å²) in [5.74, 6) is -1.67. The zero-order chi connectivity index (χ0) is 43.6. The number of benzene rings is 6. The van der Waals surface area contributed by atoms with Crippen molar-refractivity contribution in [3.05, 3.63) is 143 Å². The van der Waals surface area contributed by atoms with Gasteiger partial charge in [0.25, 0.3) is 0 Å². The van der Waals surface area contributed by atoms with Gasteiger partial charge < -0.3 is 9.13 Å². The minimum Gasteiger partial charge on any atom is -0.309 e. The Labute approximate surface area is 349 Å². The number of alkyl halides is 3. The van der Waals surface area contributed by atoms with Crippen molar-refractivity contribution >= 4 is 43.6 Å². The van der Waals surface area contributed by atoms with E-state index in [-0.39, 0.29) is 44.2 Å². The van der Waals surface area contributed by atoms with Crippen LogP contribution in [0.5, 0.6) is 0 Å². The van der Waals surface area contributed by atoms with Gasteiger partial charge in [0.1, 0.15) is 11.6 Å². The highest BCUT2D eigenvalue weighted by atomic mass is 19.4. The lowest BCUT2D eigenvalue weighted by Crippen LogP contribution is -2.12. The van der Waals surface area contributed by atoms with Crippen molar-refractivity contribution in [2.24, 2.45) is 0 Å². The predicted octanol–water partition coefficient (Wildman–Crippen LogP) is 16.0. The average Bonchev–Trinajstić information content (AvgIpc) is 3.63. The van der Waals surface area contributed by atoms with Crippen molar-refractivity contribution in [2.45, 2.75) is 111 Å². The van der Waals surface area contributed by atoms with E-state index in [4.69, 9.17) is 0 Å². The van der Waals surface area contributed by atoms with Crippen LogP contribution in [-0.4, -0.2) is 9.13 Å². The third-order valence-electron chi connectivity index (χ3n) is 12.1. The molecule has 6 aromatic carbocycles. The van der Waals surface area contributed by atoms with E-state index in [0.717, 1.165) is 62.0 Å². The first-order chi connectivity index (χ1) is 27.7. The van der Waals surface area contributed by atoms with Crippen molar-refractivity contribution in [2.75, 3.05) is 0 Å². The molecule has 0 aliphatic carbocycles. The molecule has 0 atom stereocenters. The highest BCUT2D eigenvalue weighted by molar-refractivity contribution is 6.12. The number of hydrogen-bond acceptors (Lipinski definition) is 0. The maximum absolute atomic E-state index is 15.5. The van der Waals surface area contributed by atoms with Gasteiger partial charge in [-0.2, -0.15) is 13.2 Å². The van der Waals surface area contributed by atoms with Gasteiger partial charge in [-0.1, -0.05) is 107 Å². The zero-order valence-electron chi connectivity index (χ0n) is 36.6.